The van der Waals surface area contributed by atoms with Crippen molar-refractivity contribution >= 4 is 46.6 Å². The van der Waals surface area contributed by atoms with Crippen molar-refractivity contribution in [1.82, 2.24) is 29.1 Å². The monoisotopic (exact) mass is 526 g/mol. The summed E-state index contributed by atoms with van der Waals surface area (Å²) in [6.45, 7) is 5.41. The van der Waals surface area contributed by atoms with Crippen molar-refractivity contribution in [3.8, 4) is 0 Å². The molecule has 8 nitrogen and oxygen atoms in total. The average molecular weight is 526 g/mol. The molecule has 0 saturated carbocycles. The molecule has 2 aromatic heterocycles. The molecule has 1 N–H and O–H groups in total. The Morgan fingerprint density at radius 1 is 1.29 bits per heavy atom. The summed E-state index contributed by atoms with van der Waals surface area (Å²) in [6, 6.07) is 0. The first-order valence-electron chi connectivity index (χ1n) is 9.03. The zero-order chi connectivity index (χ0) is 19.2. The number of halogens is 3. The number of alkyl halides is 2. The van der Waals surface area contributed by atoms with E-state index in [9.17, 15) is 8.78 Å². The van der Waals surface area contributed by atoms with E-state index >= 15 is 0 Å². The summed E-state index contributed by atoms with van der Waals surface area (Å²) in [4.78, 5) is 17.4. The van der Waals surface area contributed by atoms with E-state index in [2.05, 4.69) is 34.5 Å². The second-order valence-electron chi connectivity index (χ2n) is 6.02. The van der Waals surface area contributed by atoms with E-state index in [1.807, 2.05) is 13.8 Å². The number of aryl methyl sites for hydroxylation is 1. The predicted octanol–water partition coefficient (Wildman–Crippen LogP) is 2.60. The van der Waals surface area contributed by atoms with Gasteiger partial charge in [-0.3, -0.25) is 4.57 Å². The molecular weight excluding hydrogens is 501 g/mol. The fourth-order valence-electron chi connectivity index (χ4n) is 2.84. The highest BCUT2D eigenvalue weighted by Crippen LogP contribution is 2.19. The largest absolute Gasteiger partial charge is 0.357 e. The molecular formula is C16H25F2IN8S. The SMILES string of the molecule is CCNC(=NCc1nccn1C(F)F)N1CCN(c2nc(CC)ns2)CC1.I. The van der Waals surface area contributed by atoms with Gasteiger partial charge in [0.25, 0.3) is 0 Å². The third-order valence-corrected chi connectivity index (χ3v) is 5.10. The van der Waals surface area contributed by atoms with Gasteiger partial charge in [0.15, 0.2) is 5.96 Å². The smallest absolute Gasteiger partial charge is 0.319 e. The van der Waals surface area contributed by atoms with Crippen LogP contribution in [0.15, 0.2) is 17.4 Å². The minimum Gasteiger partial charge on any atom is -0.357 e. The summed E-state index contributed by atoms with van der Waals surface area (Å²) in [5, 5.41) is 4.19. The number of nitrogens with zero attached hydrogens (tertiary/aromatic N) is 7. The Labute approximate surface area is 184 Å². The first-order chi connectivity index (χ1) is 13.1. The van der Waals surface area contributed by atoms with Crippen LogP contribution in [0.4, 0.5) is 13.9 Å². The van der Waals surface area contributed by atoms with Crippen LogP contribution in [0.1, 0.15) is 32.0 Å². The van der Waals surface area contributed by atoms with E-state index in [-0.39, 0.29) is 36.3 Å². The number of aromatic nitrogens is 4. The lowest BCUT2D eigenvalue weighted by atomic mass is 10.3. The van der Waals surface area contributed by atoms with E-state index in [1.165, 1.54) is 23.9 Å². The van der Waals surface area contributed by atoms with Gasteiger partial charge in [0, 0.05) is 63.1 Å². The number of aliphatic imine (C=N–C) groups is 1. The molecule has 28 heavy (non-hydrogen) atoms. The van der Waals surface area contributed by atoms with E-state index in [1.54, 1.807) is 0 Å². The first-order valence-corrected chi connectivity index (χ1v) is 9.80. The third kappa shape index (κ3) is 5.49. The highest BCUT2D eigenvalue weighted by Gasteiger charge is 2.22. The van der Waals surface area contributed by atoms with E-state index in [0.717, 1.165) is 48.1 Å². The molecule has 1 fully saturated rings. The number of nitrogens with one attached hydrogen (secondary N) is 1. The number of guanidine groups is 1. The summed E-state index contributed by atoms with van der Waals surface area (Å²) in [5.41, 5.74) is 0. The van der Waals surface area contributed by atoms with Crippen LogP contribution in [0.25, 0.3) is 0 Å². The van der Waals surface area contributed by atoms with Crippen molar-refractivity contribution in [2.45, 2.75) is 33.4 Å². The highest BCUT2D eigenvalue weighted by atomic mass is 127. The normalized spacial score (nSPS) is 15.1. The molecule has 0 spiro atoms. The summed E-state index contributed by atoms with van der Waals surface area (Å²) in [6.07, 6.45) is 3.48. The van der Waals surface area contributed by atoms with Crippen LogP contribution in [0.5, 0.6) is 0 Å². The molecule has 1 aliphatic heterocycles. The topological polar surface area (TPSA) is 74.5 Å². The molecule has 3 rings (SSSR count). The zero-order valence-corrected chi connectivity index (χ0v) is 19.0. The molecule has 0 atom stereocenters. The quantitative estimate of drug-likeness (QED) is 0.355. The van der Waals surface area contributed by atoms with Crippen molar-refractivity contribution in [2.24, 2.45) is 4.99 Å². The molecule has 0 bridgehead atoms. The van der Waals surface area contributed by atoms with Crippen LogP contribution in [-0.4, -0.2) is 62.5 Å². The maximum atomic E-state index is 13.0. The van der Waals surface area contributed by atoms with Crippen LogP contribution in [0.2, 0.25) is 0 Å². The fraction of sp³-hybridized carbons (Fsp3) is 0.625. The summed E-state index contributed by atoms with van der Waals surface area (Å²) < 4.78 is 31.1. The Bertz CT molecular complexity index is 757. The molecule has 0 unspecified atom stereocenters. The summed E-state index contributed by atoms with van der Waals surface area (Å²) >= 11 is 1.43. The van der Waals surface area contributed by atoms with E-state index in [4.69, 9.17) is 0 Å². The number of imidazole rings is 1. The van der Waals surface area contributed by atoms with Gasteiger partial charge in [-0.2, -0.15) is 13.2 Å². The number of piperazine rings is 1. The lowest BCUT2D eigenvalue weighted by molar-refractivity contribution is 0.0671. The van der Waals surface area contributed by atoms with E-state index in [0.29, 0.717) is 12.5 Å². The Morgan fingerprint density at radius 3 is 2.64 bits per heavy atom. The Morgan fingerprint density at radius 2 is 2.04 bits per heavy atom. The van der Waals surface area contributed by atoms with Crippen molar-refractivity contribution < 1.29 is 8.78 Å². The predicted molar refractivity (Wildman–Crippen MR) is 117 cm³/mol. The maximum absolute atomic E-state index is 13.0. The van der Waals surface area contributed by atoms with Crippen LogP contribution < -0.4 is 10.2 Å². The number of rotatable bonds is 6. The molecule has 0 radical (unpaired) electrons. The zero-order valence-electron chi connectivity index (χ0n) is 15.9. The Hall–Kier alpha value is -1.57. The number of hydrogen-bond donors (Lipinski definition) is 1. The minimum atomic E-state index is -2.61. The highest BCUT2D eigenvalue weighted by molar-refractivity contribution is 14.0. The maximum Gasteiger partial charge on any atom is 0.319 e. The number of hydrogen-bond acceptors (Lipinski definition) is 6. The van der Waals surface area contributed by atoms with Crippen LogP contribution in [0, 0.1) is 0 Å². The summed E-state index contributed by atoms with van der Waals surface area (Å²) in [5.74, 6) is 1.84. The van der Waals surface area contributed by atoms with Gasteiger partial charge in [0.1, 0.15) is 18.2 Å². The van der Waals surface area contributed by atoms with Crippen molar-refractivity contribution in [3.63, 3.8) is 0 Å². The number of anilines is 1. The van der Waals surface area contributed by atoms with Crippen LogP contribution >= 0.6 is 35.5 Å². The molecule has 3 heterocycles. The van der Waals surface area contributed by atoms with Crippen molar-refractivity contribution in [1.29, 1.82) is 0 Å². The molecule has 156 valence electrons. The van der Waals surface area contributed by atoms with Crippen LogP contribution in [0.3, 0.4) is 0 Å². The van der Waals surface area contributed by atoms with Gasteiger partial charge < -0.3 is 15.1 Å². The second-order valence-corrected chi connectivity index (χ2v) is 6.75. The van der Waals surface area contributed by atoms with Gasteiger partial charge in [-0.15, -0.1) is 24.0 Å². The molecule has 0 aromatic carbocycles. The molecule has 2 aromatic rings. The van der Waals surface area contributed by atoms with Gasteiger partial charge in [-0.05, 0) is 6.92 Å². The van der Waals surface area contributed by atoms with Gasteiger partial charge in [-0.25, -0.2) is 15.0 Å². The molecule has 0 aliphatic carbocycles. The molecule has 1 saturated heterocycles. The molecule has 1 aliphatic rings. The molecule has 12 heteroatoms. The Balaban J connectivity index is 0.00000280. The van der Waals surface area contributed by atoms with Gasteiger partial charge in [-0.1, -0.05) is 6.92 Å². The molecule has 0 amide bonds. The van der Waals surface area contributed by atoms with Crippen molar-refractivity contribution in [2.75, 3.05) is 37.6 Å². The lowest BCUT2D eigenvalue weighted by Crippen LogP contribution is -2.52. The van der Waals surface area contributed by atoms with Gasteiger partial charge >= 0.3 is 6.55 Å². The first kappa shape index (κ1) is 22.7. The third-order valence-electron chi connectivity index (χ3n) is 4.29. The Kier molecular flexibility index (Phi) is 8.79. The average Bonchev–Trinajstić information content (AvgIpc) is 3.34. The standard InChI is InChI=1S/C16H24F2N8S.HI/c1-3-12-22-16(27-23-12)25-9-7-24(8-10-25)15(19-4-2)21-11-13-20-5-6-26(13)14(17)18;/h5-6,14H,3-4,7-11H2,1-2H3,(H,19,21);1H. The van der Waals surface area contributed by atoms with Crippen LogP contribution in [-0.2, 0) is 13.0 Å². The van der Waals surface area contributed by atoms with Gasteiger partial charge in [0.05, 0.1) is 0 Å². The lowest BCUT2D eigenvalue weighted by Gasteiger charge is -2.36. The second kappa shape index (κ2) is 10.8. The van der Waals surface area contributed by atoms with E-state index < -0.39 is 6.55 Å². The van der Waals surface area contributed by atoms with Crippen molar-refractivity contribution in [3.05, 3.63) is 24.0 Å². The minimum absolute atomic E-state index is 0. The van der Waals surface area contributed by atoms with Gasteiger partial charge in [0.2, 0.25) is 5.13 Å². The summed E-state index contributed by atoms with van der Waals surface area (Å²) in [7, 11) is 0. The fourth-order valence-corrected chi connectivity index (χ4v) is 3.64.